The minimum atomic E-state index is 0.0398. The van der Waals surface area contributed by atoms with Gasteiger partial charge in [-0.05, 0) is 49.8 Å². The largest absolute Gasteiger partial charge is 0.497 e. The van der Waals surface area contributed by atoms with E-state index in [0.29, 0.717) is 13.1 Å². The maximum absolute atomic E-state index is 13.1. The Morgan fingerprint density at radius 1 is 1.15 bits per heavy atom. The van der Waals surface area contributed by atoms with Crippen molar-refractivity contribution in [3.8, 4) is 5.75 Å². The Kier molecular flexibility index (Phi) is 6.24. The molecule has 0 N–H and O–H groups in total. The molecule has 0 saturated carbocycles. The molecule has 1 aromatic rings. The summed E-state index contributed by atoms with van der Waals surface area (Å²) in [5.41, 5.74) is 1.21. The number of piperidine rings is 1. The highest BCUT2D eigenvalue weighted by Gasteiger charge is 2.35. The van der Waals surface area contributed by atoms with Crippen molar-refractivity contribution in [1.29, 1.82) is 0 Å². The fraction of sp³-hybridized carbons (Fsp3) is 0.619. The molecule has 0 aromatic heterocycles. The Morgan fingerprint density at radius 3 is 2.56 bits per heavy atom. The van der Waals surface area contributed by atoms with Crippen molar-refractivity contribution in [1.82, 2.24) is 14.7 Å². The van der Waals surface area contributed by atoms with E-state index in [2.05, 4.69) is 17.0 Å². The van der Waals surface area contributed by atoms with Crippen molar-refractivity contribution in [2.45, 2.75) is 38.1 Å². The van der Waals surface area contributed by atoms with Crippen LogP contribution in [0.4, 0.5) is 4.79 Å². The first kappa shape index (κ1) is 19.5. The summed E-state index contributed by atoms with van der Waals surface area (Å²) < 4.78 is 5.32. The van der Waals surface area contributed by atoms with Crippen LogP contribution >= 0.6 is 0 Å². The third-order valence-corrected chi connectivity index (χ3v) is 5.76. The van der Waals surface area contributed by atoms with E-state index >= 15 is 0 Å². The zero-order valence-electron chi connectivity index (χ0n) is 16.7. The number of carbonyl (C=O) groups is 2. The first-order valence-corrected chi connectivity index (χ1v) is 9.89. The third kappa shape index (κ3) is 4.54. The van der Waals surface area contributed by atoms with Crippen LogP contribution in [0.1, 0.15) is 31.2 Å². The van der Waals surface area contributed by atoms with Gasteiger partial charge in [-0.25, -0.2) is 4.79 Å². The van der Waals surface area contributed by atoms with Gasteiger partial charge in [-0.3, -0.25) is 4.79 Å². The Bertz CT molecular complexity index is 668. The lowest BCUT2D eigenvalue weighted by Crippen LogP contribution is -2.48. The summed E-state index contributed by atoms with van der Waals surface area (Å²) in [7, 11) is 5.22. The molecule has 2 fully saturated rings. The van der Waals surface area contributed by atoms with Crippen LogP contribution in [0, 0.1) is 5.92 Å². The molecule has 6 nitrogen and oxygen atoms in total. The van der Waals surface area contributed by atoms with E-state index in [9.17, 15) is 9.59 Å². The van der Waals surface area contributed by atoms with Crippen molar-refractivity contribution in [3.63, 3.8) is 0 Å². The Morgan fingerprint density at radius 2 is 1.89 bits per heavy atom. The first-order valence-electron chi connectivity index (χ1n) is 9.89. The van der Waals surface area contributed by atoms with Gasteiger partial charge in [0.1, 0.15) is 5.75 Å². The van der Waals surface area contributed by atoms with Crippen LogP contribution in [-0.4, -0.2) is 73.5 Å². The highest BCUT2D eigenvalue weighted by Crippen LogP contribution is 2.28. The summed E-state index contributed by atoms with van der Waals surface area (Å²) in [5, 5.41) is 0. The molecular formula is C21H31N3O3. The van der Waals surface area contributed by atoms with E-state index in [-0.39, 0.29) is 23.9 Å². The number of benzene rings is 1. The predicted molar refractivity (Wildman–Crippen MR) is 105 cm³/mol. The molecule has 0 bridgehead atoms. The molecule has 2 aliphatic heterocycles. The summed E-state index contributed by atoms with van der Waals surface area (Å²) >= 11 is 0. The smallest absolute Gasteiger partial charge is 0.319 e. The molecule has 0 aliphatic carbocycles. The highest BCUT2D eigenvalue weighted by molar-refractivity contribution is 5.80. The van der Waals surface area contributed by atoms with Gasteiger partial charge in [0.25, 0.3) is 0 Å². The van der Waals surface area contributed by atoms with Gasteiger partial charge in [-0.1, -0.05) is 12.1 Å². The number of ether oxygens (including phenoxy) is 1. The second kappa shape index (κ2) is 8.63. The average Bonchev–Trinajstić information content (AvgIpc) is 3.15. The lowest BCUT2D eigenvalue weighted by Gasteiger charge is -2.36. The third-order valence-electron chi connectivity index (χ3n) is 5.76. The van der Waals surface area contributed by atoms with Crippen LogP contribution in [0.3, 0.4) is 0 Å². The van der Waals surface area contributed by atoms with Gasteiger partial charge in [0.2, 0.25) is 5.91 Å². The van der Waals surface area contributed by atoms with Gasteiger partial charge in [-0.2, -0.15) is 0 Å². The molecule has 0 radical (unpaired) electrons. The van der Waals surface area contributed by atoms with Crippen molar-refractivity contribution in [3.05, 3.63) is 29.8 Å². The van der Waals surface area contributed by atoms with Gasteiger partial charge >= 0.3 is 6.03 Å². The van der Waals surface area contributed by atoms with Gasteiger partial charge < -0.3 is 19.4 Å². The van der Waals surface area contributed by atoms with E-state index in [1.165, 1.54) is 5.56 Å². The van der Waals surface area contributed by atoms with Crippen LogP contribution in [0.5, 0.6) is 5.75 Å². The van der Waals surface area contributed by atoms with E-state index in [4.69, 9.17) is 4.74 Å². The maximum atomic E-state index is 13.1. The lowest BCUT2D eigenvalue weighted by molar-refractivity contribution is -0.137. The van der Waals surface area contributed by atoms with Crippen LogP contribution in [0.25, 0.3) is 0 Å². The molecule has 1 unspecified atom stereocenters. The quantitative estimate of drug-likeness (QED) is 0.815. The van der Waals surface area contributed by atoms with Crippen LogP contribution in [0.2, 0.25) is 0 Å². The average molecular weight is 373 g/mol. The number of carbonyl (C=O) groups excluding carboxylic acids is 2. The van der Waals surface area contributed by atoms with Crippen LogP contribution in [0.15, 0.2) is 24.3 Å². The molecule has 2 heterocycles. The number of likely N-dealkylation sites (tertiary alicyclic amines) is 2. The molecule has 1 atom stereocenters. The molecule has 1 aromatic carbocycles. The summed E-state index contributed by atoms with van der Waals surface area (Å²) in [5.74, 6) is 1.18. The van der Waals surface area contributed by atoms with E-state index in [0.717, 1.165) is 44.4 Å². The maximum Gasteiger partial charge on any atom is 0.319 e. The molecule has 27 heavy (non-hydrogen) atoms. The zero-order valence-corrected chi connectivity index (χ0v) is 16.7. The first-order chi connectivity index (χ1) is 13.0. The summed E-state index contributed by atoms with van der Waals surface area (Å²) in [6.07, 6.45) is 4.53. The highest BCUT2D eigenvalue weighted by atomic mass is 16.5. The second-order valence-corrected chi connectivity index (χ2v) is 7.82. The molecule has 3 rings (SSSR count). The van der Waals surface area contributed by atoms with E-state index in [1.807, 2.05) is 17.0 Å². The monoisotopic (exact) mass is 373 g/mol. The van der Waals surface area contributed by atoms with Crippen molar-refractivity contribution >= 4 is 11.9 Å². The standard InChI is InChI=1S/C21H31N3O3/c1-22(2)21(26)23-12-9-17(10-13-23)20(25)24-11-5-7-18(24)14-16-6-4-8-19(15-16)27-3/h4,6,8,15,17-18H,5,7,9-14H2,1-3H3. The Hall–Kier alpha value is -2.24. The van der Waals surface area contributed by atoms with Gasteiger partial charge in [0, 0.05) is 45.7 Å². The number of amides is 3. The van der Waals surface area contributed by atoms with Crippen molar-refractivity contribution < 1.29 is 14.3 Å². The molecule has 0 spiro atoms. The SMILES string of the molecule is COc1cccc(CC2CCCN2C(=O)C2CCN(C(=O)N(C)C)CC2)c1. The number of hydrogen-bond acceptors (Lipinski definition) is 3. The van der Waals surface area contributed by atoms with Gasteiger partial charge in [0.05, 0.1) is 7.11 Å². The minimum absolute atomic E-state index is 0.0398. The van der Waals surface area contributed by atoms with Crippen molar-refractivity contribution in [2.75, 3.05) is 40.8 Å². The van der Waals surface area contributed by atoms with E-state index in [1.54, 1.807) is 26.1 Å². The van der Waals surface area contributed by atoms with Crippen LogP contribution in [-0.2, 0) is 11.2 Å². The van der Waals surface area contributed by atoms with E-state index < -0.39 is 0 Å². The van der Waals surface area contributed by atoms with Crippen LogP contribution < -0.4 is 4.74 Å². The Labute approximate surface area is 162 Å². The Balaban J connectivity index is 1.58. The molecule has 148 valence electrons. The fourth-order valence-electron chi connectivity index (χ4n) is 4.24. The molecule has 2 saturated heterocycles. The van der Waals surface area contributed by atoms with Crippen molar-refractivity contribution in [2.24, 2.45) is 5.92 Å². The number of hydrogen-bond donors (Lipinski definition) is 0. The zero-order chi connectivity index (χ0) is 19.4. The number of urea groups is 1. The number of rotatable bonds is 4. The summed E-state index contributed by atoms with van der Waals surface area (Å²) in [4.78, 5) is 30.7. The topological polar surface area (TPSA) is 53.1 Å². The predicted octanol–water partition coefficient (Wildman–Crippen LogP) is 2.62. The number of methoxy groups -OCH3 is 1. The molecule has 2 aliphatic rings. The summed E-state index contributed by atoms with van der Waals surface area (Å²) in [6, 6.07) is 8.43. The second-order valence-electron chi connectivity index (χ2n) is 7.82. The normalized spacial score (nSPS) is 20.6. The summed E-state index contributed by atoms with van der Waals surface area (Å²) in [6.45, 7) is 2.19. The van der Waals surface area contributed by atoms with Gasteiger partial charge in [-0.15, -0.1) is 0 Å². The van der Waals surface area contributed by atoms with Gasteiger partial charge in [0.15, 0.2) is 0 Å². The fourth-order valence-corrected chi connectivity index (χ4v) is 4.24. The molecular weight excluding hydrogens is 342 g/mol. The number of nitrogens with zero attached hydrogens (tertiary/aromatic N) is 3. The molecule has 6 heteroatoms. The minimum Gasteiger partial charge on any atom is -0.497 e. The molecule has 3 amide bonds. The lowest BCUT2D eigenvalue weighted by atomic mass is 9.94.